The summed E-state index contributed by atoms with van der Waals surface area (Å²) < 4.78 is 16.4. The predicted molar refractivity (Wildman–Crippen MR) is 96.4 cm³/mol. The van der Waals surface area contributed by atoms with Crippen molar-refractivity contribution in [1.29, 1.82) is 0 Å². The summed E-state index contributed by atoms with van der Waals surface area (Å²) in [6.45, 7) is 8.98. The van der Waals surface area contributed by atoms with E-state index in [9.17, 15) is 14.4 Å². The van der Waals surface area contributed by atoms with Crippen LogP contribution >= 0.6 is 0 Å². The number of hydrogen-bond acceptors (Lipinski definition) is 6. The van der Waals surface area contributed by atoms with Crippen LogP contribution in [0.25, 0.3) is 0 Å². The third-order valence-corrected chi connectivity index (χ3v) is 4.38. The zero-order valence-electron chi connectivity index (χ0n) is 16.5. The lowest BCUT2D eigenvalue weighted by atomic mass is 10.0. The minimum absolute atomic E-state index is 0.167. The van der Waals surface area contributed by atoms with Gasteiger partial charge in [0.1, 0.15) is 0 Å². The van der Waals surface area contributed by atoms with Crippen molar-refractivity contribution in [2.45, 2.75) is 64.6 Å². The first-order valence-corrected chi connectivity index (χ1v) is 8.95. The molecule has 0 unspecified atom stereocenters. The lowest BCUT2D eigenvalue weighted by Gasteiger charge is -2.28. The van der Waals surface area contributed by atoms with Crippen molar-refractivity contribution in [1.82, 2.24) is 4.90 Å². The number of ether oxygens (including phenoxy) is 3. The fourth-order valence-electron chi connectivity index (χ4n) is 2.26. The van der Waals surface area contributed by atoms with Gasteiger partial charge < -0.3 is 14.2 Å². The Labute approximate surface area is 155 Å². The van der Waals surface area contributed by atoms with Gasteiger partial charge in [0.15, 0.2) is 0 Å². The van der Waals surface area contributed by atoms with Gasteiger partial charge in [-0.1, -0.05) is 0 Å². The standard InChI is InChI=1S/C19H31NO6/c1-18(2,24-5)11-14-26-19(3,4)10-13-25-17(23)7-6-12-20-15(21)8-9-16(20)22/h8-9H,6-7,10-14H2,1-5H3. The highest BCUT2D eigenvalue weighted by Gasteiger charge is 2.24. The molecule has 1 aliphatic rings. The molecule has 7 nitrogen and oxygen atoms in total. The van der Waals surface area contributed by atoms with Crippen molar-refractivity contribution in [2.75, 3.05) is 26.9 Å². The maximum absolute atomic E-state index is 11.8. The number of methoxy groups -OCH3 is 1. The van der Waals surface area contributed by atoms with Crippen LogP contribution in [0.5, 0.6) is 0 Å². The molecular weight excluding hydrogens is 338 g/mol. The number of hydrogen-bond donors (Lipinski definition) is 0. The Kier molecular flexibility index (Phi) is 8.43. The monoisotopic (exact) mass is 369 g/mol. The first-order chi connectivity index (χ1) is 12.1. The zero-order valence-corrected chi connectivity index (χ0v) is 16.5. The summed E-state index contributed by atoms with van der Waals surface area (Å²) in [5.74, 6) is -1.01. The van der Waals surface area contributed by atoms with Crippen molar-refractivity contribution in [3.63, 3.8) is 0 Å². The molecule has 0 atom stereocenters. The van der Waals surface area contributed by atoms with Gasteiger partial charge in [-0.2, -0.15) is 0 Å². The van der Waals surface area contributed by atoms with Gasteiger partial charge in [0.2, 0.25) is 0 Å². The summed E-state index contributed by atoms with van der Waals surface area (Å²) in [6.07, 6.45) is 4.38. The van der Waals surface area contributed by atoms with Crippen LogP contribution in [0.2, 0.25) is 0 Å². The van der Waals surface area contributed by atoms with Gasteiger partial charge in [-0.3, -0.25) is 19.3 Å². The number of nitrogens with zero attached hydrogens (tertiary/aromatic N) is 1. The van der Waals surface area contributed by atoms with Crippen LogP contribution in [0.15, 0.2) is 12.2 Å². The lowest BCUT2D eigenvalue weighted by molar-refractivity contribution is -0.147. The predicted octanol–water partition coefficient (Wildman–Crippen LogP) is 2.24. The number of rotatable bonds is 12. The molecule has 0 aliphatic carbocycles. The maximum atomic E-state index is 11.8. The summed E-state index contributed by atoms with van der Waals surface area (Å²) in [5.41, 5.74) is -0.625. The molecule has 1 heterocycles. The van der Waals surface area contributed by atoms with Crippen molar-refractivity contribution in [3.8, 4) is 0 Å². The van der Waals surface area contributed by atoms with E-state index in [0.717, 1.165) is 11.3 Å². The largest absolute Gasteiger partial charge is 0.466 e. The summed E-state index contributed by atoms with van der Waals surface area (Å²) >= 11 is 0. The van der Waals surface area contributed by atoms with Crippen molar-refractivity contribution >= 4 is 17.8 Å². The van der Waals surface area contributed by atoms with Gasteiger partial charge in [-0.05, 0) is 40.5 Å². The molecule has 7 heteroatoms. The van der Waals surface area contributed by atoms with Crippen molar-refractivity contribution < 1.29 is 28.6 Å². The number of carbonyl (C=O) groups excluding carboxylic acids is 3. The van der Waals surface area contributed by atoms with Gasteiger partial charge in [-0.15, -0.1) is 0 Å². The average molecular weight is 369 g/mol. The Hall–Kier alpha value is -1.73. The van der Waals surface area contributed by atoms with Crippen LogP contribution in [0.3, 0.4) is 0 Å². The minimum atomic E-state index is -0.399. The summed E-state index contributed by atoms with van der Waals surface area (Å²) in [4.78, 5) is 35.7. The van der Waals surface area contributed by atoms with Crippen molar-refractivity contribution in [2.24, 2.45) is 0 Å². The Morgan fingerprint density at radius 1 is 1.00 bits per heavy atom. The second-order valence-corrected chi connectivity index (χ2v) is 7.56. The fourth-order valence-corrected chi connectivity index (χ4v) is 2.26. The number of imide groups is 1. The highest BCUT2D eigenvalue weighted by atomic mass is 16.5. The summed E-state index contributed by atoms with van der Waals surface area (Å²) in [5, 5.41) is 0. The normalized spacial score (nSPS) is 15.0. The summed E-state index contributed by atoms with van der Waals surface area (Å²) in [7, 11) is 1.68. The quantitative estimate of drug-likeness (QED) is 0.388. The van der Waals surface area contributed by atoms with Gasteiger partial charge >= 0.3 is 5.97 Å². The van der Waals surface area contributed by atoms with E-state index in [-0.39, 0.29) is 43.0 Å². The molecule has 2 amide bonds. The van der Waals surface area contributed by atoms with Crippen LogP contribution in [0, 0.1) is 0 Å². The van der Waals surface area contributed by atoms with Crippen LogP contribution in [0.4, 0.5) is 0 Å². The molecule has 0 aromatic heterocycles. The molecule has 0 spiro atoms. The zero-order chi connectivity index (χ0) is 19.8. The molecule has 0 fully saturated rings. The second kappa shape index (κ2) is 9.83. The molecule has 1 rings (SSSR count). The molecule has 0 aromatic rings. The third-order valence-electron chi connectivity index (χ3n) is 4.38. The second-order valence-electron chi connectivity index (χ2n) is 7.56. The van der Waals surface area contributed by atoms with E-state index in [1.54, 1.807) is 7.11 Å². The fraction of sp³-hybridized carbons (Fsp3) is 0.737. The van der Waals surface area contributed by atoms with Crippen LogP contribution in [0.1, 0.15) is 53.4 Å². The minimum Gasteiger partial charge on any atom is -0.466 e. The van der Waals surface area contributed by atoms with Gasteiger partial charge in [0.25, 0.3) is 11.8 Å². The van der Waals surface area contributed by atoms with E-state index in [2.05, 4.69) is 0 Å². The number of carbonyl (C=O) groups is 3. The Balaban J connectivity index is 2.16. The first-order valence-electron chi connectivity index (χ1n) is 8.95. The van der Waals surface area contributed by atoms with E-state index < -0.39 is 5.60 Å². The first kappa shape index (κ1) is 22.3. The van der Waals surface area contributed by atoms with E-state index in [0.29, 0.717) is 19.4 Å². The topological polar surface area (TPSA) is 82.1 Å². The number of esters is 1. The summed E-state index contributed by atoms with van der Waals surface area (Å²) in [6, 6.07) is 0. The third kappa shape index (κ3) is 8.10. The molecule has 0 radical (unpaired) electrons. The number of amides is 2. The Morgan fingerprint density at radius 2 is 1.58 bits per heavy atom. The van der Waals surface area contributed by atoms with Gasteiger partial charge in [0.05, 0.1) is 24.4 Å². The van der Waals surface area contributed by atoms with Crippen LogP contribution < -0.4 is 0 Å². The molecular formula is C19H31NO6. The molecule has 26 heavy (non-hydrogen) atoms. The highest BCUT2D eigenvalue weighted by Crippen LogP contribution is 2.19. The van der Waals surface area contributed by atoms with Crippen molar-refractivity contribution in [3.05, 3.63) is 12.2 Å². The smallest absolute Gasteiger partial charge is 0.305 e. The molecule has 148 valence electrons. The maximum Gasteiger partial charge on any atom is 0.305 e. The molecule has 1 aliphatic heterocycles. The van der Waals surface area contributed by atoms with E-state index >= 15 is 0 Å². The van der Waals surface area contributed by atoms with E-state index in [1.807, 2.05) is 27.7 Å². The highest BCUT2D eigenvalue weighted by molar-refractivity contribution is 6.12. The Morgan fingerprint density at radius 3 is 2.15 bits per heavy atom. The Bertz CT molecular complexity index is 520. The SMILES string of the molecule is COC(C)(C)CCOC(C)(C)CCOC(=O)CCCN1C(=O)C=CC1=O. The van der Waals surface area contributed by atoms with Gasteiger partial charge in [0, 0.05) is 38.6 Å². The van der Waals surface area contributed by atoms with Gasteiger partial charge in [-0.25, -0.2) is 0 Å². The molecule has 0 N–H and O–H groups in total. The van der Waals surface area contributed by atoms with E-state index in [4.69, 9.17) is 14.2 Å². The molecule has 0 saturated carbocycles. The lowest BCUT2D eigenvalue weighted by Crippen LogP contribution is -2.32. The molecule has 0 saturated heterocycles. The molecule has 0 bridgehead atoms. The average Bonchev–Trinajstić information content (AvgIpc) is 2.86. The van der Waals surface area contributed by atoms with Crippen LogP contribution in [-0.2, 0) is 28.6 Å². The molecule has 0 aromatic carbocycles. The van der Waals surface area contributed by atoms with Crippen LogP contribution in [-0.4, -0.2) is 60.8 Å². The van der Waals surface area contributed by atoms with E-state index in [1.165, 1.54) is 12.2 Å².